The summed E-state index contributed by atoms with van der Waals surface area (Å²) in [6.07, 6.45) is 7.05. The molecule has 5 rings (SSSR count). The molecule has 3 unspecified atom stereocenters. The lowest BCUT2D eigenvalue weighted by Crippen LogP contribution is -2.37. The zero-order valence-electron chi connectivity index (χ0n) is 19.0. The summed E-state index contributed by atoms with van der Waals surface area (Å²) in [5.41, 5.74) is 3.76. The second-order valence-corrected chi connectivity index (χ2v) is 9.21. The van der Waals surface area contributed by atoms with Crippen LogP contribution in [0.25, 0.3) is 0 Å². The molecule has 3 aromatic carbocycles. The van der Waals surface area contributed by atoms with Gasteiger partial charge in [0.15, 0.2) is 0 Å². The molecule has 0 aliphatic carbocycles. The SMILES string of the molecule is CN1CCCCC1CC(Oc1ccc2c(c1)OC(c1ccccc1)CC2)c1ccccc1. The lowest BCUT2D eigenvalue weighted by molar-refractivity contribution is 0.108. The molecule has 3 nitrogen and oxygen atoms in total. The van der Waals surface area contributed by atoms with Crippen LogP contribution in [0.5, 0.6) is 11.5 Å². The zero-order chi connectivity index (χ0) is 21.8. The third-order valence-corrected chi connectivity index (χ3v) is 7.01. The van der Waals surface area contributed by atoms with E-state index in [4.69, 9.17) is 9.47 Å². The van der Waals surface area contributed by atoms with Gasteiger partial charge in [-0.15, -0.1) is 0 Å². The quantitative estimate of drug-likeness (QED) is 0.434. The highest BCUT2D eigenvalue weighted by molar-refractivity contribution is 5.43. The third-order valence-electron chi connectivity index (χ3n) is 7.01. The van der Waals surface area contributed by atoms with E-state index < -0.39 is 0 Å². The zero-order valence-corrected chi connectivity index (χ0v) is 19.0. The third kappa shape index (κ3) is 4.83. The Labute approximate surface area is 192 Å². The highest BCUT2D eigenvalue weighted by Crippen LogP contribution is 2.38. The van der Waals surface area contributed by atoms with E-state index >= 15 is 0 Å². The number of likely N-dealkylation sites (tertiary alicyclic amines) is 1. The van der Waals surface area contributed by atoms with Crippen molar-refractivity contribution in [2.45, 2.75) is 56.8 Å². The first kappa shape index (κ1) is 21.1. The molecular formula is C29H33NO2. The van der Waals surface area contributed by atoms with Crippen LogP contribution in [0.1, 0.15) is 61.0 Å². The highest BCUT2D eigenvalue weighted by Gasteiger charge is 2.26. The minimum Gasteiger partial charge on any atom is -0.486 e. The summed E-state index contributed by atoms with van der Waals surface area (Å²) in [7, 11) is 2.25. The first-order chi connectivity index (χ1) is 15.8. The summed E-state index contributed by atoms with van der Waals surface area (Å²) in [6, 6.07) is 28.2. The predicted octanol–water partition coefficient (Wildman–Crippen LogP) is 6.75. The van der Waals surface area contributed by atoms with Crippen molar-refractivity contribution < 1.29 is 9.47 Å². The summed E-state index contributed by atoms with van der Waals surface area (Å²) in [6.45, 7) is 1.18. The maximum absolute atomic E-state index is 6.65. The Morgan fingerprint density at radius 2 is 1.72 bits per heavy atom. The number of hydrogen-bond acceptors (Lipinski definition) is 3. The van der Waals surface area contributed by atoms with Crippen LogP contribution in [0.4, 0.5) is 0 Å². The van der Waals surface area contributed by atoms with Gasteiger partial charge >= 0.3 is 0 Å². The summed E-state index contributed by atoms with van der Waals surface area (Å²) in [4.78, 5) is 2.50. The number of piperidine rings is 1. The molecule has 3 heteroatoms. The van der Waals surface area contributed by atoms with Gasteiger partial charge in [-0.2, -0.15) is 0 Å². The summed E-state index contributed by atoms with van der Waals surface area (Å²) in [5.74, 6) is 1.86. The van der Waals surface area contributed by atoms with Crippen molar-refractivity contribution in [3.63, 3.8) is 0 Å². The molecule has 2 heterocycles. The molecule has 0 aromatic heterocycles. The Kier molecular flexibility index (Phi) is 6.45. The van der Waals surface area contributed by atoms with Gasteiger partial charge < -0.3 is 14.4 Å². The van der Waals surface area contributed by atoms with Gasteiger partial charge in [0, 0.05) is 18.5 Å². The molecule has 2 aliphatic rings. The van der Waals surface area contributed by atoms with Crippen molar-refractivity contribution in [3.05, 3.63) is 95.6 Å². The topological polar surface area (TPSA) is 21.7 Å². The van der Waals surface area contributed by atoms with Gasteiger partial charge in [-0.25, -0.2) is 0 Å². The number of ether oxygens (including phenoxy) is 2. The molecule has 0 saturated carbocycles. The second kappa shape index (κ2) is 9.79. The van der Waals surface area contributed by atoms with Crippen LogP contribution in [-0.4, -0.2) is 24.5 Å². The molecule has 0 bridgehead atoms. The second-order valence-electron chi connectivity index (χ2n) is 9.21. The largest absolute Gasteiger partial charge is 0.486 e. The fourth-order valence-electron chi connectivity index (χ4n) is 5.10. The van der Waals surface area contributed by atoms with Crippen molar-refractivity contribution in [2.75, 3.05) is 13.6 Å². The Balaban J connectivity index is 1.36. The Bertz CT molecular complexity index is 1000. The smallest absolute Gasteiger partial charge is 0.127 e. The first-order valence-electron chi connectivity index (χ1n) is 12.0. The van der Waals surface area contributed by atoms with Gasteiger partial charge in [-0.05, 0) is 62.0 Å². The number of hydrogen-bond donors (Lipinski definition) is 0. The van der Waals surface area contributed by atoms with Crippen molar-refractivity contribution in [1.82, 2.24) is 4.90 Å². The summed E-state index contributed by atoms with van der Waals surface area (Å²) in [5, 5.41) is 0. The molecule has 0 N–H and O–H groups in total. The molecule has 1 fully saturated rings. The van der Waals surface area contributed by atoms with Crippen LogP contribution in [0.3, 0.4) is 0 Å². The normalized spacial score (nSPS) is 21.9. The van der Waals surface area contributed by atoms with Gasteiger partial charge in [0.05, 0.1) is 0 Å². The maximum Gasteiger partial charge on any atom is 0.127 e. The monoisotopic (exact) mass is 427 g/mol. The van der Waals surface area contributed by atoms with Crippen LogP contribution in [0.2, 0.25) is 0 Å². The summed E-state index contributed by atoms with van der Waals surface area (Å²) >= 11 is 0. The molecule has 3 aromatic rings. The number of fused-ring (bicyclic) bond motifs is 1. The molecule has 32 heavy (non-hydrogen) atoms. The molecule has 166 valence electrons. The number of benzene rings is 3. The van der Waals surface area contributed by atoms with Gasteiger partial charge in [0.2, 0.25) is 0 Å². The number of nitrogens with zero attached hydrogens (tertiary/aromatic N) is 1. The molecule has 1 saturated heterocycles. The lowest BCUT2D eigenvalue weighted by atomic mass is 9.94. The van der Waals surface area contributed by atoms with Crippen molar-refractivity contribution >= 4 is 0 Å². The molecule has 2 aliphatic heterocycles. The van der Waals surface area contributed by atoms with Crippen LogP contribution in [0, 0.1) is 0 Å². The molecule has 3 atom stereocenters. The Morgan fingerprint density at radius 1 is 0.938 bits per heavy atom. The minimum absolute atomic E-state index is 0.0355. The van der Waals surface area contributed by atoms with E-state index in [1.165, 1.54) is 42.5 Å². The summed E-state index contributed by atoms with van der Waals surface area (Å²) < 4.78 is 13.1. The van der Waals surface area contributed by atoms with Crippen LogP contribution >= 0.6 is 0 Å². The van der Waals surface area contributed by atoms with Crippen molar-refractivity contribution in [2.24, 2.45) is 0 Å². The van der Waals surface area contributed by atoms with Crippen molar-refractivity contribution in [1.29, 1.82) is 0 Å². The van der Waals surface area contributed by atoms with Crippen LogP contribution < -0.4 is 9.47 Å². The average molecular weight is 428 g/mol. The van der Waals surface area contributed by atoms with Gasteiger partial charge in [0.25, 0.3) is 0 Å². The lowest BCUT2D eigenvalue weighted by Gasteiger charge is -2.35. The van der Waals surface area contributed by atoms with E-state index in [1.807, 2.05) is 0 Å². The number of aryl methyl sites for hydroxylation is 1. The highest BCUT2D eigenvalue weighted by atomic mass is 16.5. The van der Waals surface area contributed by atoms with E-state index in [0.29, 0.717) is 6.04 Å². The Morgan fingerprint density at radius 3 is 2.50 bits per heavy atom. The molecule has 0 radical (unpaired) electrons. The standard InChI is InChI=1S/C29H33NO2/c1-30-19-9-8-14-25(30)20-28(23-12-6-3-7-13-23)31-26-17-15-24-16-18-27(32-29(24)21-26)22-10-4-2-5-11-22/h2-7,10-13,15,17,21,25,27-28H,8-9,14,16,18-20H2,1H3. The minimum atomic E-state index is 0.0355. The first-order valence-corrected chi connectivity index (χ1v) is 12.0. The van der Waals surface area contributed by atoms with Gasteiger partial charge in [-0.3, -0.25) is 0 Å². The predicted molar refractivity (Wildman–Crippen MR) is 129 cm³/mol. The van der Waals surface area contributed by atoms with E-state index in [-0.39, 0.29) is 12.2 Å². The number of rotatable bonds is 6. The Hall–Kier alpha value is -2.78. The molecule has 0 spiro atoms. The average Bonchev–Trinajstić information content (AvgIpc) is 2.85. The van der Waals surface area contributed by atoms with Gasteiger partial charge in [0.1, 0.15) is 23.7 Å². The molecular weight excluding hydrogens is 394 g/mol. The van der Waals surface area contributed by atoms with E-state index in [0.717, 1.165) is 30.8 Å². The molecule has 0 amide bonds. The van der Waals surface area contributed by atoms with Crippen molar-refractivity contribution in [3.8, 4) is 11.5 Å². The fourth-order valence-corrected chi connectivity index (χ4v) is 5.10. The van der Waals surface area contributed by atoms with Crippen LogP contribution in [-0.2, 0) is 6.42 Å². The van der Waals surface area contributed by atoms with E-state index in [2.05, 4.69) is 90.8 Å². The van der Waals surface area contributed by atoms with Crippen LogP contribution in [0.15, 0.2) is 78.9 Å². The van der Waals surface area contributed by atoms with E-state index in [1.54, 1.807) is 0 Å². The maximum atomic E-state index is 6.65. The van der Waals surface area contributed by atoms with E-state index in [9.17, 15) is 0 Å². The fraction of sp³-hybridized carbons (Fsp3) is 0.379. The van der Waals surface area contributed by atoms with Gasteiger partial charge in [-0.1, -0.05) is 73.2 Å².